The summed E-state index contributed by atoms with van der Waals surface area (Å²) in [6.07, 6.45) is 0. The van der Waals surface area contributed by atoms with Gasteiger partial charge in [0.2, 0.25) is 0 Å². The molecule has 0 saturated carbocycles. The maximum absolute atomic E-state index is 3.40. The summed E-state index contributed by atoms with van der Waals surface area (Å²) < 4.78 is 0. The van der Waals surface area contributed by atoms with Crippen LogP contribution >= 0.6 is 0 Å². The van der Waals surface area contributed by atoms with Gasteiger partial charge in [-0.05, 0) is 11.3 Å². The zero-order valence-electron chi connectivity index (χ0n) is 8.15. The van der Waals surface area contributed by atoms with Crippen LogP contribution in [0.25, 0.3) is 0 Å². The van der Waals surface area contributed by atoms with Gasteiger partial charge in [-0.2, -0.15) is 0 Å². The third-order valence-corrected chi connectivity index (χ3v) is 2.61. The highest BCUT2D eigenvalue weighted by Gasteiger charge is 2.30. The summed E-state index contributed by atoms with van der Waals surface area (Å²) in [7, 11) is 0. The van der Waals surface area contributed by atoms with Crippen molar-refractivity contribution in [1.29, 1.82) is 0 Å². The fourth-order valence-corrected chi connectivity index (χ4v) is 1.46. The Kier molecular flexibility index (Phi) is 2.55. The maximum Gasteiger partial charge on any atom is 0.0176 e. The van der Waals surface area contributed by atoms with Crippen LogP contribution in [0.15, 0.2) is 0 Å². The summed E-state index contributed by atoms with van der Waals surface area (Å²) in [5, 5.41) is 2.30. The minimum absolute atomic E-state index is 0.455. The van der Waals surface area contributed by atoms with Gasteiger partial charge in [-0.1, -0.05) is 27.7 Å². The zero-order valence-corrected chi connectivity index (χ0v) is 8.15. The molecule has 0 spiro atoms. The van der Waals surface area contributed by atoms with Crippen LogP contribution in [0.4, 0.5) is 0 Å². The van der Waals surface area contributed by atoms with Crippen LogP contribution in [0, 0.1) is 11.3 Å². The lowest BCUT2D eigenvalue weighted by molar-refractivity contribution is 0.224. The van der Waals surface area contributed by atoms with Gasteiger partial charge in [0.05, 0.1) is 0 Å². The fourth-order valence-electron chi connectivity index (χ4n) is 1.46. The summed E-state index contributed by atoms with van der Waals surface area (Å²) >= 11 is 0. The molecular formula is C9H20N2. The fraction of sp³-hybridized carbons (Fsp3) is 1.00. The normalized spacial score (nSPS) is 27.8. The average Bonchev–Trinajstić information content (AvgIpc) is 2.32. The Morgan fingerprint density at radius 3 is 2.36 bits per heavy atom. The molecule has 1 aliphatic heterocycles. The van der Waals surface area contributed by atoms with Crippen molar-refractivity contribution in [2.24, 2.45) is 11.3 Å². The van der Waals surface area contributed by atoms with E-state index in [2.05, 4.69) is 38.1 Å². The van der Waals surface area contributed by atoms with Crippen LogP contribution in [-0.2, 0) is 0 Å². The van der Waals surface area contributed by atoms with Gasteiger partial charge in [-0.15, -0.1) is 0 Å². The highest BCUT2D eigenvalue weighted by Crippen LogP contribution is 2.28. The van der Waals surface area contributed by atoms with Crippen molar-refractivity contribution in [3.05, 3.63) is 0 Å². The van der Waals surface area contributed by atoms with Crippen LogP contribution in [0.1, 0.15) is 27.7 Å². The van der Waals surface area contributed by atoms with Gasteiger partial charge < -0.3 is 0 Å². The molecule has 0 bridgehead atoms. The van der Waals surface area contributed by atoms with Gasteiger partial charge >= 0.3 is 0 Å². The molecule has 1 atom stereocenters. The van der Waals surface area contributed by atoms with Gasteiger partial charge in [0, 0.05) is 19.6 Å². The molecule has 0 aliphatic carbocycles. The second-order valence-electron chi connectivity index (χ2n) is 4.46. The first-order valence-electron chi connectivity index (χ1n) is 4.52. The lowest BCUT2D eigenvalue weighted by Crippen LogP contribution is -2.30. The number of nitrogens with one attached hydrogen (secondary N) is 1. The van der Waals surface area contributed by atoms with E-state index in [1.165, 1.54) is 6.54 Å². The van der Waals surface area contributed by atoms with E-state index in [0.717, 1.165) is 19.0 Å². The molecule has 0 amide bonds. The molecule has 1 N–H and O–H groups in total. The van der Waals surface area contributed by atoms with Crippen LogP contribution in [0.5, 0.6) is 0 Å². The van der Waals surface area contributed by atoms with Crippen molar-refractivity contribution >= 4 is 0 Å². The molecule has 1 fully saturated rings. The Balaban J connectivity index is 2.42. The van der Waals surface area contributed by atoms with E-state index in [1.54, 1.807) is 0 Å². The zero-order chi connectivity index (χ0) is 8.48. The molecule has 1 saturated heterocycles. The number of hydrazine groups is 1. The molecule has 66 valence electrons. The first kappa shape index (κ1) is 9.01. The van der Waals surface area contributed by atoms with Crippen LogP contribution in [0.2, 0.25) is 0 Å². The molecule has 0 aromatic heterocycles. The monoisotopic (exact) mass is 156 g/mol. The Bertz CT molecular complexity index is 126. The van der Waals surface area contributed by atoms with Crippen molar-refractivity contribution in [1.82, 2.24) is 10.4 Å². The molecular weight excluding hydrogens is 136 g/mol. The molecule has 2 nitrogen and oxygen atoms in total. The van der Waals surface area contributed by atoms with Crippen molar-refractivity contribution < 1.29 is 0 Å². The molecule has 1 rings (SSSR count). The van der Waals surface area contributed by atoms with Gasteiger partial charge in [-0.25, -0.2) is 5.01 Å². The third-order valence-electron chi connectivity index (χ3n) is 2.61. The largest absolute Gasteiger partial charge is 0.255 e. The second kappa shape index (κ2) is 3.11. The highest BCUT2D eigenvalue weighted by atomic mass is 15.5. The Hall–Kier alpha value is -0.0800. The summed E-state index contributed by atoms with van der Waals surface area (Å²) in [5.74, 6) is 0.808. The highest BCUT2D eigenvalue weighted by molar-refractivity contribution is 4.81. The minimum atomic E-state index is 0.455. The van der Waals surface area contributed by atoms with Crippen LogP contribution in [-0.4, -0.2) is 24.6 Å². The lowest BCUT2D eigenvalue weighted by Gasteiger charge is -2.25. The van der Waals surface area contributed by atoms with E-state index < -0.39 is 0 Å². The molecule has 0 aromatic carbocycles. The maximum atomic E-state index is 3.40. The summed E-state index contributed by atoms with van der Waals surface area (Å²) in [6, 6.07) is 0. The third kappa shape index (κ3) is 2.17. The molecule has 0 radical (unpaired) electrons. The molecule has 1 heterocycles. The standard InChI is InChI=1S/C9H20N2/c1-5-11-7-8(6-10-11)9(2,3)4/h8,10H,5-7H2,1-4H3. The second-order valence-corrected chi connectivity index (χ2v) is 4.46. The first-order valence-corrected chi connectivity index (χ1v) is 4.52. The number of hydrogen-bond acceptors (Lipinski definition) is 2. The summed E-state index contributed by atoms with van der Waals surface area (Å²) in [4.78, 5) is 0. The minimum Gasteiger partial charge on any atom is -0.255 e. The Morgan fingerprint density at radius 2 is 2.09 bits per heavy atom. The SMILES string of the molecule is CCN1CC(C(C)(C)C)CN1. The van der Waals surface area contributed by atoms with Crippen molar-refractivity contribution in [3.8, 4) is 0 Å². The van der Waals surface area contributed by atoms with Crippen LogP contribution in [0.3, 0.4) is 0 Å². The summed E-state index contributed by atoms with van der Waals surface area (Å²) in [6.45, 7) is 12.6. The lowest BCUT2D eigenvalue weighted by atomic mass is 9.81. The van der Waals surface area contributed by atoms with E-state index >= 15 is 0 Å². The van der Waals surface area contributed by atoms with E-state index in [0.29, 0.717) is 5.41 Å². The molecule has 1 unspecified atom stereocenters. The number of nitrogens with zero attached hydrogens (tertiary/aromatic N) is 1. The molecule has 2 heteroatoms. The predicted octanol–water partition coefficient (Wildman–Crippen LogP) is 1.49. The molecule has 0 aromatic rings. The van der Waals surface area contributed by atoms with Gasteiger partial charge in [0.1, 0.15) is 0 Å². The molecule has 11 heavy (non-hydrogen) atoms. The van der Waals surface area contributed by atoms with Gasteiger partial charge in [0.25, 0.3) is 0 Å². The molecule has 1 aliphatic rings. The Morgan fingerprint density at radius 1 is 1.45 bits per heavy atom. The average molecular weight is 156 g/mol. The van der Waals surface area contributed by atoms with E-state index in [-0.39, 0.29) is 0 Å². The topological polar surface area (TPSA) is 15.3 Å². The van der Waals surface area contributed by atoms with E-state index in [1.807, 2.05) is 0 Å². The number of rotatable bonds is 1. The van der Waals surface area contributed by atoms with Gasteiger partial charge in [0.15, 0.2) is 0 Å². The first-order chi connectivity index (χ1) is 5.04. The number of hydrogen-bond donors (Lipinski definition) is 1. The van der Waals surface area contributed by atoms with E-state index in [4.69, 9.17) is 0 Å². The van der Waals surface area contributed by atoms with Gasteiger partial charge in [-0.3, -0.25) is 5.43 Å². The Labute approximate surface area is 69.9 Å². The van der Waals surface area contributed by atoms with Crippen molar-refractivity contribution in [3.63, 3.8) is 0 Å². The van der Waals surface area contributed by atoms with Crippen LogP contribution < -0.4 is 5.43 Å². The van der Waals surface area contributed by atoms with Crippen molar-refractivity contribution in [2.75, 3.05) is 19.6 Å². The quantitative estimate of drug-likeness (QED) is 0.619. The summed E-state index contributed by atoms with van der Waals surface area (Å²) in [5.41, 5.74) is 3.85. The smallest absolute Gasteiger partial charge is 0.0176 e. The van der Waals surface area contributed by atoms with E-state index in [9.17, 15) is 0 Å². The predicted molar refractivity (Wildman–Crippen MR) is 48.2 cm³/mol. The van der Waals surface area contributed by atoms with Crippen molar-refractivity contribution in [2.45, 2.75) is 27.7 Å².